The topological polar surface area (TPSA) is 52.3 Å². The second kappa shape index (κ2) is 5.64. The lowest BCUT2D eigenvalue weighted by atomic mass is 9.84. The molecule has 0 unspecified atom stereocenters. The van der Waals surface area contributed by atoms with Gasteiger partial charge in [0.05, 0.1) is 0 Å². The monoisotopic (exact) mass is 261 g/mol. The van der Waals surface area contributed by atoms with Crippen molar-refractivity contribution in [1.29, 1.82) is 0 Å². The molecule has 0 atom stereocenters. The van der Waals surface area contributed by atoms with Crippen molar-refractivity contribution >= 4 is 5.91 Å². The number of carbonyl (C=O) groups is 1. The fraction of sp³-hybridized carbons (Fsp3) is 0.562. The molecule has 0 aliphatic heterocycles. The molecule has 1 fully saturated rings. The minimum Gasteiger partial charge on any atom is -0.477 e. The summed E-state index contributed by atoms with van der Waals surface area (Å²) in [5.41, 5.74) is 6.00. The number of ether oxygens (including phenoxy) is 1. The maximum atomic E-state index is 11.8. The van der Waals surface area contributed by atoms with E-state index in [0.717, 1.165) is 37.9 Å². The van der Waals surface area contributed by atoms with Gasteiger partial charge in [-0.15, -0.1) is 0 Å². The van der Waals surface area contributed by atoms with Crippen LogP contribution in [0.3, 0.4) is 0 Å². The van der Waals surface area contributed by atoms with Crippen molar-refractivity contribution in [2.24, 2.45) is 5.73 Å². The number of hydrogen-bond donors (Lipinski definition) is 1. The van der Waals surface area contributed by atoms with Gasteiger partial charge in [-0.25, -0.2) is 0 Å². The van der Waals surface area contributed by atoms with Crippen molar-refractivity contribution < 1.29 is 9.53 Å². The summed E-state index contributed by atoms with van der Waals surface area (Å²) in [6.07, 6.45) is 4.63. The molecule has 3 heteroatoms. The van der Waals surface area contributed by atoms with E-state index >= 15 is 0 Å². The SMILES string of the molecule is CC(C)c1cccc(OC2(C(N)=O)CCCCC2)c1. The number of amides is 1. The lowest BCUT2D eigenvalue weighted by Gasteiger charge is -2.34. The average Bonchev–Trinajstić information content (AvgIpc) is 2.40. The van der Waals surface area contributed by atoms with Gasteiger partial charge < -0.3 is 10.5 Å². The third kappa shape index (κ3) is 3.09. The minimum absolute atomic E-state index is 0.331. The Balaban J connectivity index is 2.22. The first-order chi connectivity index (χ1) is 9.03. The predicted molar refractivity (Wildman–Crippen MR) is 76.2 cm³/mol. The fourth-order valence-electron chi connectivity index (χ4n) is 2.68. The van der Waals surface area contributed by atoms with E-state index in [2.05, 4.69) is 19.9 Å². The molecular weight excluding hydrogens is 238 g/mol. The Labute approximate surface area is 115 Å². The van der Waals surface area contributed by atoms with E-state index in [-0.39, 0.29) is 5.91 Å². The van der Waals surface area contributed by atoms with Crippen LogP contribution in [-0.4, -0.2) is 11.5 Å². The molecule has 0 heterocycles. The van der Waals surface area contributed by atoms with Gasteiger partial charge in [-0.1, -0.05) is 32.4 Å². The van der Waals surface area contributed by atoms with E-state index < -0.39 is 5.60 Å². The molecule has 1 aromatic carbocycles. The van der Waals surface area contributed by atoms with E-state index in [1.165, 1.54) is 5.56 Å². The zero-order valence-electron chi connectivity index (χ0n) is 11.8. The molecule has 1 saturated carbocycles. The van der Waals surface area contributed by atoms with Crippen LogP contribution < -0.4 is 10.5 Å². The van der Waals surface area contributed by atoms with Crippen molar-refractivity contribution in [3.05, 3.63) is 29.8 Å². The van der Waals surface area contributed by atoms with Gasteiger partial charge in [0.2, 0.25) is 0 Å². The second-order valence-corrected chi connectivity index (χ2v) is 5.75. The molecule has 0 aromatic heterocycles. The van der Waals surface area contributed by atoms with Gasteiger partial charge in [0.1, 0.15) is 5.75 Å². The standard InChI is InChI=1S/C16H23NO2/c1-12(2)13-7-6-8-14(11-13)19-16(15(17)18)9-4-3-5-10-16/h6-8,11-12H,3-5,9-10H2,1-2H3,(H2,17,18). The van der Waals surface area contributed by atoms with Crippen molar-refractivity contribution in [1.82, 2.24) is 0 Å². The van der Waals surface area contributed by atoms with E-state index in [0.29, 0.717) is 5.92 Å². The Bertz CT molecular complexity index is 448. The highest BCUT2D eigenvalue weighted by atomic mass is 16.5. The summed E-state index contributed by atoms with van der Waals surface area (Å²) in [6.45, 7) is 4.28. The summed E-state index contributed by atoms with van der Waals surface area (Å²) < 4.78 is 6.02. The normalized spacial score (nSPS) is 18.3. The van der Waals surface area contributed by atoms with Crippen molar-refractivity contribution in [2.75, 3.05) is 0 Å². The van der Waals surface area contributed by atoms with Crippen LogP contribution in [0.4, 0.5) is 0 Å². The Kier molecular flexibility index (Phi) is 4.13. The maximum absolute atomic E-state index is 11.8. The summed E-state index contributed by atoms with van der Waals surface area (Å²) in [6, 6.07) is 7.98. The van der Waals surface area contributed by atoms with Gasteiger partial charge in [0.25, 0.3) is 5.91 Å². The molecular formula is C16H23NO2. The Hall–Kier alpha value is -1.51. The summed E-state index contributed by atoms with van der Waals surface area (Å²) in [7, 11) is 0. The second-order valence-electron chi connectivity index (χ2n) is 5.75. The van der Waals surface area contributed by atoms with Crippen LogP contribution in [0.25, 0.3) is 0 Å². The molecule has 2 N–H and O–H groups in total. The zero-order chi connectivity index (χ0) is 13.9. The quantitative estimate of drug-likeness (QED) is 0.903. The van der Waals surface area contributed by atoms with Gasteiger partial charge >= 0.3 is 0 Å². The first-order valence-corrected chi connectivity index (χ1v) is 7.12. The third-order valence-corrected chi connectivity index (χ3v) is 3.95. The van der Waals surface area contributed by atoms with E-state index in [9.17, 15) is 4.79 Å². The van der Waals surface area contributed by atoms with Crippen LogP contribution >= 0.6 is 0 Å². The smallest absolute Gasteiger partial charge is 0.261 e. The molecule has 19 heavy (non-hydrogen) atoms. The van der Waals surface area contributed by atoms with Crippen LogP contribution in [0.2, 0.25) is 0 Å². The molecule has 2 rings (SSSR count). The number of benzene rings is 1. The molecule has 104 valence electrons. The first-order valence-electron chi connectivity index (χ1n) is 7.12. The van der Waals surface area contributed by atoms with E-state index in [1.54, 1.807) is 0 Å². The fourth-order valence-corrected chi connectivity index (χ4v) is 2.68. The number of primary amides is 1. The largest absolute Gasteiger partial charge is 0.477 e. The summed E-state index contributed by atoms with van der Waals surface area (Å²) in [5.74, 6) is 0.869. The summed E-state index contributed by atoms with van der Waals surface area (Å²) >= 11 is 0. The van der Waals surface area contributed by atoms with Crippen LogP contribution in [0.5, 0.6) is 5.75 Å². The lowest BCUT2D eigenvalue weighted by Crippen LogP contribution is -2.50. The number of rotatable bonds is 4. The van der Waals surface area contributed by atoms with Gasteiger partial charge in [-0.2, -0.15) is 0 Å². The Morgan fingerprint density at radius 2 is 1.95 bits per heavy atom. The maximum Gasteiger partial charge on any atom is 0.261 e. The molecule has 0 saturated heterocycles. The molecule has 0 bridgehead atoms. The first kappa shape index (κ1) is 13.9. The van der Waals surface area contributed by atoms with E-state index in [1.807, 2.05) is 18.2 Å². The highest BCUT2D eigenvalue weighted by molar-refractivity contribution is 5.84. The van der Waals surface area contributed by atoms with Crippen molar-refractivity contribution in [3.63, 3.8) is 0 Å². The molecule has 3 nitrogen and oxygen atoms in total. The van der Waals surface area contributed by atoms with Crippen molar-refractivity contribution in [3.8, 4) is 5.75 Å². The predicted octanol–water partition coefficient (Wildman–Crippen LogP) is 3.38. The molecule has 1 aromatic rings. The minimum atomic E-state index is -0.798. The average molecular weight is 261 g/mol. The molecule has 1 amide bonds. The van der Waals surface area contributed by atoms with Crippen LogP contribution in [0.1, 0.15) is 57.4 Å². The van der Waals surface area contributed by atoms with Gasteiger partial charge in [0, 0.05) is 0 Å². The highest BCUT2D eigenvalue weighted by Gasteiger charge is 2.40. The third-order valence-electron chi connectivity index (χ3n) is 3.95. The van der Waals surface area contributed by atoms with E-state index in [4.69, 9.17) is 10.5 Å². The number of nitrogens with two attached hydrogens (primary N) is 1. The van der Waals surface area contributed by atoms with Crippen LogP contribution in [0.15, 0.2) is 24.3 Å². The molecule has 1 aliphatic rings. The summed E-state index contributed by atoms with van der Waals surface area (Å²) in [4.78, 5) is 11.8. The van der Waals surface area contributed by atoms with Crippen LogP contribution in [0, 0.1) is 0 Å². The van der Waals surface area contributed by atoms with Crippen LogP contribution in [-0.2, 0) is 4.79 Å². The summed E-state index contributed by atoms with van der Waals surface area (Å²) in [5, 5.41) is 0. The zero-order valence-corrected chi connectivity index (χ0v) is 11.8. The number of carbonyl (C=O) groups excluding carboxylic acids is 1. The van der Waals surface area contributed by atoms with Gasteiger partial charge in [-0.3, -0.25) is 4.79 Å². The van der Waals surface area contributed by atoms with Crippen molar-refractivity contribution in [2.45, 2.75) is 57.5 Å². The van der Waals surface area contributed by atoms with Gasteiger partial charge in [0.15, 0.2) is 5.60 Å². The molecule has 1 aliphatic carbocycles. The highest BCUT2D eigenvalue weighted by Crippen LogP contribution is 2.33. The molecule has 0 radical (unpaired) electrons. The Morgan fingerprint density at radius 1 is 1.26 bits per heavy atom. The Morgan fingerprint density at radius 3 is 2.53 bits per heavy atom. The lowest BCUT2D eigenvalue weighted by molar-refractivity contribution is -0.136. The van der Waals surface area contributed by atoms with Gasteiger partial charge in [-0.05, 0) is 49.3 Å². The number of hydrogen-bond acceptors (Lipinski definition) is 2. The molecule has 0 spiro atoms.